The van der Waals surface area contributed by atoms with Gasteiger partial charge in [-0.3, -0.25) is 4.79 Å². The van der Waals surface area contributed by atoms with Gasteiger partial charge >= 0.3 is 0 Å². The minimum absolute atomic E-state index is 0.258. The molecule has 17 heavy (non-hydrogen) atoms. The Balaban J connectivity index is 1.53. The molecule has 4 heteroatoms. The fourth-order valence-corrected chi connectivity index (χ4v) is 3.31. The Kier molecular flexibility index (Phi) is 3.16. The molecular weight excluding hydrogens is 232 g/mol. The van der Waals surface area contributed by atoms with E-state index in [9.17, 15) is 4.79 Å². The van der Waals surface area contributed by atoms with Crippen LogP contribution in [0.4, 0.5) is 0 Å². The molecule has 1 N–H and O–H groups in total. The van der Waals surface area contributed by atoms with Gasteiger partial charge in [-0.2, -0.15) is 0 Å². The Hall–Kier alpha value is -0.870. The van der Waals surface area contributed by atoms with E-state index >= 15 is 0 Å². The number of carbonyl (C=O) groups excluding carboxylic acids is 1. The minimum Gasteiger partial charge on any atom is -0.337 e. The molecule has 1 fully saturated rings. The van der Waals surface area contributed by atoms with Crippen molar-refractivity contribution < 1.29 is 4.79 Å². The molecule has 1 aromatic heterocycles. The summed E-state index contributed by atoms with van der Waals surface area (Å²) in [5, 5.41) is 5.48. The summed E-state index contributed by atoms with van der Waals surface area (Å²) in [6.07, 6.45) is 4.82. The van der Waals surface area contributed by atoms with Crippen molar-refractivity contribution in [3.05, 3.63) is 21.9 Å². The van der Waals surface area contributed by atoms with Crippen LogP contribution in [0.2, 0.25) is 0 Å². The molecule has 92 valence electrons. The van der Waals surface area contributed by atoms with E-state index in [1.165, 1.54) is 29.7 Å². The number of nitrogens with one attached hydrogen (secondary N) is 1. The summed E-state index contributed by atoms with van der Waals surface area (Å²) in [6, 6.07) is 2.75. The summed E-state index contributed by atoms with van der Waals surface area (Å²) in [6.45, 7) is 2.22. The van der Waals surface area contributed by atoms with Gasteiger partial charge in [-0.15, -0.1) is 11.3 Å². The number of fused-ring (bicyclic) bond motifs is 1. The van der Waals surface area contributed by atoms with E-state index in [0.717, 1.165) is 19.5 Å². The van der Waals surface area contributed by atoms with Gasteiger partial charge in [0.25, 0.3) is 0 Å². The number of hydrogen-bond acceptors (Lipinski definition) is 3. The zero-order valence-electron chi connectivity index (χ0n) is 9.95. The van der Waals surface area contributed by atoms with E-state index in [1.807, 2.05) is 16.2 Å². The number of amides is 1. The highest BCUT2D eigenvalue weighted by Crippen LogP contribution is 2.24. The fourth-order valence-electron chi connectivity index (χ4n) is 2.42. The smallest absolute Gasteiger partial charge is 0.236 e. The van der Waals surface area contributed by atoms with Gasteiger partial charge in [-0.25, -0.2) is 0 Å². The zero-order chi connectivity index (χ0) is 11.7. The average Bonchev–Trinajstić information content (AvgIpc) is 2.73. The van der Waals surface area contributed by atoms with Crippen molar-refractivity contribution in [1.82, 2.24) is 10.2 Å². The summed E-state index contributed by atoms with van der Waals surface area (Å²) in [4.78, 5) is 15.5. The van der Waals surface area contributed by atoms with Crippen LogP contribution in [0.5, 0.6) is 0 Å². The maximum absolute atomic E-state index is 12.0. The van der Waals surface area contributed by atoms with Crippen LogP contribution in [-0.4, -0.2) is 29.9 Å². The lowest BCUT2D eigenvalue weighted by molar-refractivity contribution is -0.131. The van der Waals surface area contributed by atoms with Gasteiger partial charge < -0.3 is 10.2 Å². The molecule has 0 aromatic carbocycles. The van der Waals surface area contributed by atoms with E-state index in [-0.39, 0.29) is 5.91 Å². The van der Waals surface area contributed by atoms with Gasteiger partial charge in [-0.05, 0) is 36.3 Å². The quantitative estimate of drug-likeness (QED) is 0.887. The standard InChI is InChI=1S/C13H18N2OS/c16-13(8-14-11-2-1-3-11)15-6-4-12-10(9-15)5-7-17-12/h5,7,11,14H,1-4,6,8-9H2. The van der Waals surface area contributed by atoms with E-state index < -0.39 is 0 Å². The molecule has 2 aliphatic rings. The van der Waals surface area contributed by atoms with Crippen LogP contribution < -0.4 is 5.32 Å². The molecular formula is C13H18N2OS. The Morgan fingerprint density at radius 3 is 3.18 bits per heavy atom. The monoisotopic (exact) mass is 250 g/mol. The second-order valence-corrected chi connectivity index (χ2v) is 5.94. The third kappa shape index (κ3) is 2.38. The average molecular weight is 250 g/mol. The van der Waals surface area contributed by atoms with Crippen molar-refractivity contribution in [3.8, 4) is 0 Å². The maximum atomic E-state index is 12.0. The molecule has 1 aromatic rings. The largest absolute Gasteiger partial charge is 0.337 e. The van der Waals surface area contributed by atoms with E-state index in [4.69, 9.17) is 0 Å². The number of rotatable bonds is 3. The van der Waals surface area contributed by atoms with Crippen LogP contribution in [0.1, 0.15) is 29.7 Å². The zero-order valence-corrected chi connectivity index (χ0v) is 10.8. The first-order chi connectivity index (χ1) is 8.33. The lowest BCUT2D eigenvalue weighted by atomic mass is 9.93. The first-order valence-electron chi connectivity index (χ1n) is 6.39. The van der Waals surface area contributed by atoms with Crippen molar-refractivity contribution in [1.29, 1.82) is 0 Å². The van der Waals surface area contributed by atoms with E-state index in [1.54, 1.807) is 0 Å². The number of hydrogen-bond donors (Lipinski definition) is 1. The molecule has 2 heterocycles. The van der Waals surface area contributed by atoms with Crippen molar-refractivity contribution in [2.75, 3.05) is 13.1 Å². The van der Waals surface area contributed by atoms with Gasteiger partial charge in [0.05, 0.1) is 6.54 Å². The molecule has 3 rings (SSSR count). The molecule has 0 radical (unpaired) electrons. The molecule has 0 bridgehead atoms. The number of thiophene rings is 1. The predicted molar refractivity (Wildman–Crippen MR) is 69.1 cm³/mol. The first kappa shape index (κ1) is 11.2. The molecule has 0 spiro atoms. The summed E-state index contributed by atoms with van der Waals surface area (Å²) < 4.78 is 0. The number of carbonyl (C=O) groups is 1. The highest BCUT2D eigenvalue weighted by Gasteiger charge is 2.23. The van der Waals surface area contributed by atoms with Crippen LogP contribution in [0.25, 0.3) is 0 Å². The van der Waals surface area contributed by atoms with Crippen molar-refractivity contribution in [2.24, 2.45) is 0 Å². The second kappa shape index (κ2) is 4.78. The van der Waals surface area contributed by atoms with Gasteiger partial charge in [0.2, 0.25) is 5.91 Å². The van der Waals surface area contributed by atoms with Gasteiger partial charge in [0, 0.05) is 24.0 Å². The topological polar surface area (TPSA) is 32.3 Å². The third-order valence-corrected chi connectivity index (χ3v) is 4.83. The molecule has 3 nitrogen and oxygen atoms in total. The highest BCUT2D eigenvalue weighted by atomic mass is 32.1. The Morgan fingerprint density at radius 1 is 1.53 bits per heavy atom. The van der Waals surface area contributed by atoms with Crippen molar-refractivity contribution in [2.45, 2.75) is 38.3 Å². The van der Waals surface area contributed by atoms with Crippen LogP contribution >= 0.6 is 11.3 Å². The Labute approximate surface area is 106 Å². The molecule has 0 saturated heterocycles. The van der Waals surface area contributed by atoms with Gasteiger partial charge in [0.1, 0.15) is 0 Å². The van der Waals surface area contributed by atoms with Crippen molar-refractivity contribution >= 4 is 17.2 Å². The predicted octanol–water partition coefficient (Wildman–Crippen LogP) is 1.77. The molecule has 1 saturated carbocycles. The first-order valence-corrected chi connectivity index (χ1v) is 7.27. The highest BCUT2D eigenvalue weighted by molar-refractivity contribution is 7.10. The van der Waals surface area contributed by atoms with E-state index in [2.05, 4.69) is 16.8 Å². The summed E-state index contributed by atoms with van der Waals surface area (Å²) in [5.41, 5.74) is 1.35. The van der Waals surface area contributed by atoms with Crippen LogP contribution in [0, 0.1) is 0 Å². The van der Waals surface area contributed by atoms with Crippen LogP contribution in [0.3, 0.4) is 0 Å². The van der Waals surface area contributed by atoms with E-state index in [0.29, 0.717) is 12.6 Å². The summed E-state index contributed by atoms with van der Waals surface area (Å²) >= 11 is 1.82. The lowest BCUT2D eigenvalue weighted by Crippen LogP contribution is -2.45. The van der Waals surface area contributed by atoms with Crippen molar-refractivity contribution in [3.63, 3.8) is 0 Å². The SMILES string of the molecule is O=C(CNC1CCC1)N1CCc2sccc2C1. The Bertz CT molecular complexity index is 411. The Morgan fingerprint density at radius 2 is 2.41 bits per heavy atom. The normalized spacial score (nSPS) is 19.9. The summed E-state index contributed by atoms with van der Waals surface area (Å²) in [5.74, 6) is 0.258. The maximum Gasteiger partial charge on any atom is 0.236 e. The lowest BCUT2D eigenvalue weighted by Gasteiger charge is -2.30. The molecule has 1 aliphatic carbocycles. The van der Waals surface area contributed by atoms with Gasteiger partial charge in [-0.1, -0.05) is 6.42 Å². The molecule has 1 aliphatic heterocycles. The molecule has 1 amide bonds. The minimum atomic E-state index is 0.258. The van der Waals surface area contributed by atoms with Crippen LogP contribution in [-0.2, 0) is 17.8 Å². The van der Waals surface area contributed by atoms with Gasteiger partial charge in [0.15, 0.2) is 0 Å². The fraction of sp³-hybridized carbons (Fsp3) is 0.615. The summed E-state index contributed by atoms with van der Waals surface area (Å²) in [7, 11) is 0. The third-order valence-electron chi connectivity index (χ3n) is 3.81. The molecule has 0 unspecified atom stereocenters. The second-order valence-electron chi connectivity index (χ2n) is 4.94. The molecule has 0 atom stereocenters. The van der Waals surface area contributed by atoms with Crippen LogP contribution in [0.15, 0.2) is 11.4 Å². The number of nitrogens with zero attached hydrogens (tertiary/aromatic N) is 1.